The Kier molecular flexibility index (Phi) is 5.24. The van der Waals surface area contributed by atoms with Crippen LogP contribution < -0.4 is 5.32 Å². The van der Waals surface area contributed by atoms with Crippen molar-refractivity contribution in [3.63, 3.8) is 0 Å². The van der Waals surface area contributed by atoms with Crippen LogP contribution in [0.4, 0.5) is 4.39 Å². The predicted octanol–water partition coefficient (Wildman–Crippen LogP) is 4.45. The molecule has 1 atom stereocenters. The summed E-state index contributed by atoms with van der Waals surface area (Å²) in [7, 11) is 0. The van der Waals surface area contributed by atoms with Crippen molar-refractivity contribution in [3.8, 4) is 5.69 Å². The molecule has 2 aromatic carbocycles. The van der Waals surface area contributed by atoms with Crippen molar-refractivity contribution in [2.75, 3.05) is 0 Å². The van der Waals surface area contributed by atoms with Gasteiger partial charge in [-0.25, -0.2) is 9.07 Å². The van der Waals surface area contributed by atoms with Crippen LogP contribution in [0.3, 0.4) is 0 Å². The van der Waals surface area contributed by atoms with Crippen molar-refractivity contribution < 1.29 is 9.18 Å². The van der Waals surface area contributed by atoms with Crippen LogP contribution in [0.5, 0.6) is 0 Å². The third-order valence-corrected chi connectivity index (χ3v) is 5.48. The molecule has 0 unspecified atom stereocenters. The van der Waals surface area contributed by atoms with Crippen LogP contribution in [0, 0.1) is 12.7 Å². The molecule has 1 aliphatic rings. The summed E-state index contributed by atoms with van der Waals surface area (Å²) in [5, 5.41) is 7.58. The Bertz CT molecular complexity index is 995. The molecule has 0 saturated heterocycles. The van der Waals surface area contributed by atoms with Crippen molar-refractivity contribution in [1.82, 2.24) is 15.1 Å². The smallest absolute Gasteiger partial charge is 0.220 e. The quantitative estimate of drug-likeness (QED) is 0.714. The van der Waals surface area contributed by atoms with Gasteiger partial charge in [0, 0.05) is 17.7 Å². The minimum atomic E-state index is -0.294. The highest BCUT2D eigenvalue weighted by Gasteiger charge is 2.26. The second-order valence-electron chi connectivity index (χ2n) is 7.35. The van der Waals surface area contributed by atoms with E-state index in [0.29, 0.717) is 12.1 Å². The normalized spacial score (nSPS) is 15.9. The van der Waals surface area contributed by atoms with Crippen molar-refractivity contribution in [2.45, 2.75) is 45.1 Å². The summed E-state index contributed by atoms with van der Waals surface area (Å²) in [5.41, 5.74) is 4.85. The number of benzene rings is 2. The molecule has 1 N–H and O–H groups in total. The Morgan fingerprint density at radius 3 is 2.82 bits per heavy atom. The van der Waals surface area contributed by atoms with Gasteiger partial charge < -0.3 is 5.32 Å². The zero-order valence-electron chi connectivity index (χ0n) is 16.0. The summed E-state index contributed by atoms with van der Waals surface area (Å²) in [6.45, 7) is 2.07. The maximum atomic E-state index is 14.2. The van der Waals surface area contributed by atoms with Gasteiger partial charge in [0.15, 0.2) is 0 Å². The molecule has 0 bridgehead atoms. The summed E-state index contributed by atoms with van der Waals surface area (Å²) >= 11 is 0. The summed E-state index contributed by atoms with van der Waals surface area (Å²) in [6, 6.07) is 14.7. The van der Waals surface area contributed by atoms with Crippen LogP contribution in [0.2, 0.25) is 0 Å². The van der Waals surface area contributed by atoms with Crippen LogP contribution in [-0.2, 0) is 17.6 Å². The van der Waals surface area contributed by atoms with Gasteiger partial charge in [0.1, 0.15) is 11.5 Å². The average Bonchev–Trinajstić information content (AvgIpc) is 3.13. The lowest BCUT2D eigenvalue weighted by atomic mass is 9.92. The van der Waals surface area contributed by atoms with E-state index in [1.807, 2.05) is 12.1 Å². The number of para-hydroxylation sites is 1. The Labute approximate surface area is 164 Å². The minimum absolute atomic E-state index is 0.0414. The van der Waals surface area contributed by atoms with Gasteiger partial charge in [-0.05, 0) is 55.9 Å². The number of nitrogens with zero attached hydrogens (tertiary/aromatic N) is 2. The molecule has 3 aromatic rings. The molecule has 0 aliphatic heterocycles. The molecule has 1 heterocycles. The van der Waals surface area contributed by atoms with Crippen LogP contribution >= 0.6 is 0 Å². The molecular formula is C23H24FN3O. The van der Waals surface area contributed by atoms with E-state index in [2.05, 4.69) is 29.5 Å². The zero-order chi connectivity index (χ0) is 19.5. The molecule has 4 nitrogen and oxygen atoms in total. The molecule has 0 spiro atoms. The maximum Gasteiger partial charge on any atom is 0.220 e. The first-order valence-electron chi connectivity index (χ1n) is 9.79. The summed E-state index contributed by atoms with van der Waals surface area (Å²) in [6.07, 6.45) is 5.61. The lowest BCUT2D eigenvalue weighted by Gasteiger charge is -2.24. The van der Waals surface area contributed by atoms with E-state index in [9.17, 15) is 9.18 Å². The molecule has 1 aliphatic carbocycles. The second kappa shape index (κ2) is 7.97. The van der Waals surface area contributed by atoms with Crippen LogP contribution in [0.1, 0.15) is 47.7 Å². The number of fused-ring (bicyclic) bond motifs is 1. The fraction of sp³-hybridized carbons (Fsp3) is 0.304. The van der Waals surface area contributed by atoms with Crippen molar-refractivity contribution in [1.29, 1.82) is 0 Å². The summed E-state index contributed by atoms with van der Waals surface area (Å²) in [5.74, 6) is -0.252. The van der Waals surface area contributed by atoms with Gasteiger partial charge in [0.25, 0.3) is 0 Å². The van der Waals surface area contributed by atoms with Gasteiger partial charge in [0.2, 0.25) is 5.91 Å². The number of carbonyl (C=O) groups excluding carboxylic acids is 1. The van der Waals surface area contributed by atoms with Gasteiger partial charge in [-0.2, -0.15) is 5.10 Å². The van der Waals surface area contributed by atoms with Crippen LogP contribution in [0.15, 0.2) is 54.7 Å². The van der Waals surface area contributed by atoms with E-state index in [-0.39, 0.29) is 17.8 Å². The molecule has 0 radical (unpaired) electrons. The summed E-state index contributed by atoms with van der Waals surface area (Å²) in [4.78, 5) is 12.5. The number of hydrogen-bond donors (Lipinski definition) is 1. The Morgan fingerprint density at radius 2 is 2.00 bits per heavy atom. The van der Waals surface area contributed by atoms with Gasteiger partial charge >= 0.3 is 0 Å². The van der Waals surface area contributed by atoms with Gasteiger partial charge in [-0.1, -0.05) is 36.4 Å². The van der Waals surface area contributed by atoms with E-state index in [0.717, 1.165) is 36.9 Å². The third-order valence-electron chi connectivity index (χ3n) is 5.48. The topological polar surface area (TPSA) is 46.9 Å². The fourth-order valence-corrected chi connectivity index (χ4v) is 3.94. The highest BCUT2D eigenvalue weighted by atomic mass is 19.1. The Hall–Kier alpha value is -2.95. The number of nitrogens with one attached hydrogen (secondary N) is 1. The standard InChI is InChI=1S/C23H24FN3O/c1-16-7-2-3-8-17(16)13-14-23(28)26-20-10-6-12-21-18(20)15-25-27(21)22-11-5-4-9-19(22)24/h2-5,7-9,11,15,20H,6,10,12-14H2,1H3,(H,26,28)/t20-/m1/s1. The lowest BCUT2D eigenvalue weighted by Crippen LogP contribution is -2.31. The van der Waals surface area contributed by atoms with E-state index < -0.39 is 0 Å². The molecular weight excluding hydrogens is 353 g/mol. The van der Waals surface area contributed by atoms with Crippen LogP contribution in [-0.4, -0.2) is 15.7 Å². The molecule has 0 fully saturated rings. The molecule has 5 heteroatoms. The first-order valence-corrected chi connectivity index (χ1v) is 9.79. The molecule has 1 amide bonds. The number of aromatic nitrogens is 2. The molecule has 0 saturated carbocycles. The Balaban J connectivity index is 1.47. The van der Waals surface area contributed by atoms with Gasteiger partial charge in [-0.3, -0.25) is 4.79 Å². The Morgan fingerprint density at radius 1 is 1.21 bits per heavy atom. The number of carbonyl (C=O) groups is 1. The number of aryl methyl sites for hydroxylation is 2. The van der Waals surface area contributed by atoms with Crippen LogP contribution in [0.25, 0.3) is 5.69 Å². The zero-order valence-corrected chi connectivity index (χ0v) is 16.0. The van der Waals surface area contributed by atoms with Gasteiger partial charge in [-0.15, -0.1) is 0 Å². The minimum Gasteiger partial charge on any atom is -0.349 e. The molecule has 28 heavy (non-hydrogen) atoms. The van der Waals surface area contributed by atoms with Crippen molar-refractivity contribution >= 4 is 5.91 Å². The van der Waals surface area contributed by atoms with Crippen molar-refractivity contribution in [3.05, 3.63) is 82.9 Å². The fourth-order valence-electron chi connectivity index (χ4n) is 3.94. The molecule has 4 rings (SSSR count). The largest absolute Gasteiger partial charge is 0.349 e. The molecule has 144 valence electrons. The summed E-state index contributed by atoms with van der Waals surface area (Å²) < 4.78 is 15.9. The number of amides is 1. The van der Waals surface area contributed by atoms with E-state index in [4.69, 9.17) is 0 Å². The third kappa shape index (κ3) is 3.70. The number of hydrogen-bond acceptors (Lipinski definition) is 2. The molecule has 1 aromatic heterocycles. The van der Waals surface area contributed by atoms with Gasteiger partial charge in [0.05, 0.1) is 12.2 Å². The maximum absolute atomic E-state index is 14.2. The van der Waals surface area contributed by atoms with E-state index in [1.165, 1.54) is 17.2 Å². The SMILES string of the molecule is Cc1ccccc1CCC(=O)N[C@@H]1CCCc2c1cnn2-c1ccccc1F. The average molecular weight is 377 g/mol. The predicted molar refractivity (Wildman–Crippen MR) is 107 cm³/mol. The van der Waals surface area contributed by atoms with E-state index >= 15 is 0 Å². The van der Waals surface area contributed by atoms with E-state index in [1.54, 1.807) is 29.1 Å². The lowest BCUT2D eigenvalue weighted by molar-refractivity contribution is -0.121. The second-order valence-corrected chi connectivity index (χ2v) is 7.35. The number of halogens is 1. The highest BCUT2D eigenvalue weighted by molar-refractivity contribution is 5.76. The number of rotatable bonds is 5. The first-order chi connectivity index (χ1) is 13.6. The highest BCUT2D eigenvalue weighted by Crippen LogP contribution is 2.31. The van der Waals surface area contributed by atoms with Crippen molar-refractivity contribution in [2.24, 2.45) is 0 Å². The monoisotopic (exact) mass is 377 g/mol. The first kappa shape index (κ1) is 18.4.